The Morgan fingerprint density at radius 1 is 1.03 bits per heavy atom. The fourth-order valence-corrected chi connectivity index (χ4v) is 4.13. The molecule has 1 aliphatic rings. The van der Waals surface area contributed by atoms with E-state index < -0.39 is 17.7 Å². The summed E-state index contributed by atoms with van der Waals surface area (Å²) in [6.45, 7) is 2.52. The minimum absolute atomic E-state index is 0.00438. The van der Waals surface area contributed by atoms with Crippen molar-refractivity contribution in [2.24, 2.45) is 0 Å². The summed E-state index contributed by atoms with van der Waals surface area (Å²) >= 11 is 0. The number of pyridine rings is 1. The maximum Gasteiger partial charge on any atom is 0.295 e. The molecule has 1 saturated heterocycles. The van der Waals surface area contributed by atoms with E-state index >= 15 is 0 Å². The highest BCUT2D eigenvalue weighted by Crippen LogP contribution is 2.42. The van der Waals surface area contributed by atoms with E-state index in [1.807, 2.05) is 13.0 Å². The van der Waals surface area contributed by atoms with Gasteiger partial charge in [0.2, 0.25) is 0 Å². The van der Waals surface area contributed by atoms with Gasteiger partial charge in [-0.2, -0.15) is 0 Å². The van der Waals surface area contributed by atoms with Crippen molar-refractivity contribution in [1.82, 2.24) is 9.88 Å². The minimum Gasteiger partial charge on any atom is -0.507 e. The van der Waals surface area contributed by atoms with Crippen LogP contribution in [0.25, 0.3) is 5.76 Å². The molecule has 1 aromatic heterocycles. The van der Waals surface area contributed by atoms with Crippen molar-refractivity contribution in [3.8, 4) is 17.2 Å². The highest BCUT2D eigenvalue weighted by molar-refractivity contribution is 6.46. The van der Waals surface area contributed by atoms with Gasteiger partial charge >= 0.3 is 0 Å². The van der Waals surface area contributed by atoms with Gasteiger partial charge in [0.25, 0.3) is 11.7 Å². The summed E-state index contributed by atoms with van der Waals surface area (Å²) in [7, 11) is 3.03. The molecular formula is C27H26N2O6. The van der Waals surface area contributed by atoms with Crippen LogP contribution in [-0.2, 0) is 16.1 Å². The summed E-state index contributed by atoms with van der Waals surface area (Å²) in [6.07, 6.45) is 3.27. The molecule has 0 radical (unpaired) electrons. The average molecular weight is 475 g/mol. The Kier molecular flexibility index (Phi) is 7.01. The largest absolute Gasteiger partial charge is 0.507 e. The van der Waals surface area contributed by atoms with Crippen molar-refractivity contribution >= 4 is 17.4 Å². The van der Waals surface area contributed by atoms with Crippen molar-refractivity contribution in [3.63, 3.8) is 0 Å². The highest BCUT2D eigenvalue weighted by atomic mass is 16.5. The highest BCUT2D eigenvalue weighted by Gasteiger charge is 2.46. The van der Waals surface area contributed by atoms with Crippen molar-refractivity contribution < 1.29 is 28.9 Å². The van der Waals surface area contributed by atoms with E-state index in [2.05, 4.69) is 4.98 Å². The second-order valence-corrected chi connectivity index (χ2v) is 7.86. The summed E-state index contributed by atoms with van der Waals surface area (Å²) < 4.78 is 16.3. The summed E-state index contributed by atoms with van der Waals surface area (Å²) in [5, 5.41) is 11.2. The number of aromatic nitrogens is 1. The van der Waals surface area contributed by atoms with Crippen LogP contribution in [0.3, 0.4) is 0 Å². The van der Waals surface area contributed by atoms with Crippen LogP contribution in [0.4, 0.5) is 0 Å². The van der Waals surface area contributed by atoms with E-state index in [1.54, 1.807) is 60.9 Å². The van der Waals surface area contributed by atoms with E-state index in [4.69, 9.17) is 14.2 Å². The molecule has 3 aromatic rings. The molecule has 1 amide bonds. The maximum atomic E-state index is 13.2. The lowest BCUT2D eigenvalue weighted by Gasteiger charge is -2.26. The van der Waals surface area contributed by atoms with Crippen LogP contribution >= 0.6 is 0 Å². The number of amides is 1. The normalized spacial score (nSPS) is 16.9. The molecule has 1 fully saturated rings. The quantitative estimate of drug-likeness (QED) is 0.298. The molecule has 1 N–H and O–H groups in total. The summed E-state index contributed by atoms with van der Waals surface area (Å²) in [5.74, 6) is -0.149. The van der Waals surface area contributed by atoms with E-state index in [0.29, 0.717) is 35.0 Å². The third-order valence-electron chi connectivity index (χ3n) is 5.78. The van der Waals surface area contributed by atoms with Crippen molar-refractivity contribution in [1.29, 1.82) is 0 Å². The Morgan fingerprint density at radius 2 is 1.77 bits per heavy atom. The smallest absolute Gasteiger partial charge is 0.295 e. The van der Waals surface area contributed by atoms with Gasteiger partial charge in [-0.3, -0.25) is 14.6 Å². The number of hydrogen-bond acceptors (Lipinski definition) is 7. The molecule has 8 heteroatoms. The molecule has 8 nitrogen and oxygen atoms in total. The van der Waals surface area contributed by atoms with E-state index in [9.17, 15) is 14.7 Å². The molecular weight excluding hydrogens is 448 g/mol. The molecule has 0 unspecified atom stereocenters. The molecule has 1 atom stereocenters. The molecule has 2 aromatic carbocycles. The minimum atomic E-state index is -0.846. The van der Waals surface area contributed by atoms with Gasteiger partial charge in [-0.15, -0.1) is 0 Å². The molecule has 4 rings (SSSR count). The number of carbonyl (C=O) groups is 2. The number of benzene rings is 2. The van der Waals surface area contributed by atoms with Gasteiger partial charge in [-0.1, -0.05) is 12.1 Å². The number of Topliss-reactive ketones (excluding diaryl/α,β-unsaturated/α-hetero) is 1. The van der Waals surface area contributed by atoms with Gasteiger partial charge in [0, 0.05) is 24.5 Å². The molecule has 0 aliphatic carbocycles. The predicted molar refractivity (Wildman–Crippen MR) is 129 cm³/mol. The van der Waals surface area contributed by atoms with Gasteiger partial charge in [-0.05, 0) is 60.5 Å². The molecule has 35 heavy (non-hydrogen) atoms. The van der Waals surface area contributed by atoms with Crippen LogP contribution in [0.15, 0.2) is 72.6 Å². The lowest BCUT2D eigenvalue weighted by Crippen LogP contribution is -2.29. The SMILES string of the molecule is CCOc1ccc(/C(O)=C2\C(=O)C(=O)N(Cc3cccnc3)[C@H]2c2ccc(OC)c(OC)c2)cc1. The number of ether oxygens (including phenoxy) is 3. The first-order valence-electron chi connectivity index (χ1n) is 11.1. The molecule has 1 aliphatic heterocycles. The van der Waals surface area contributed by atoms with Crippen LogP contribution in [0.5, 0.6) is 17.2 Å². The Bertz CT molecular complexity index is 1250. The fraction of sp³-hybridized carbons (Fsp3) is 0.222. The van der Waals surface area contributed by atoms with E-state index in [1.165, 1.54) is 19.1 Å². The Labute approximate surface area is 203 Å². The van der Waals surface area contributed by atoms with Crippen molar-refractivity contribution in [2.45, 2.75) is 19.5 Å². The van der Waals surface area contributed by atoms with Crippen molar-refractivity contribution in [2.75, 3.05) is 20.8 Å². The van der Waals surface area contributed by atoms with Gasteiger partial charge in [0.05, 0.1) is 32.4 Å². The lowest BCUT2D eigenvalue weighted by molar-refractivity contribution is -0.140. The topological polar surface area (TPSA) is 98.2 Å². The number of aliphatic hydroxyl groups excluding tert-OH is 1. The molecule has 180 valence electrons. The van der Waals surface area contributed by atoms with Crippen LogP contribution in [0.1, 0.15) is 29.7 Å². The lowest BCUT2D eigenvalue weighted by atomic mass is 9.94. The number of likely N-dealkylation sites (tertiary alicyclic amines) is 1. The first kappa shape index (κ1) is 23.8. The van der Waals surface area contributed by atoms with Gasteiger partial charge in [-0.25, -0.2) is 0 Å². The van der Waals surface area contributed by atoms with Crippen LogP contribution in [0.2, 0.25) is 0 Å². The van der Waals surface area contributed by atoms with Gasteiger partial charge in [0.15, 0.2) is 11.5 Å². The molecule has 0 bridgehead atoms. The molecule has 0 saturated carbocycles. The number of rotatable bonds is 8. The third kappa shape index (κ3) is 4.68. The fourth-order valence-electron chi connectivity index (χ4n) is 4.13. The zero-order valence-corrected chi connectivity index (χ0v) is 19.7. The number of methoxy groups -OCH3 is 2. The number of aliphatic hydroxyl groups is 1. The van der Waals surface area contributed by atoms with Crippen LogP contribution in [0, 0.1) is 0 Å². The van der Waals surface area contributed by atoms with Gasteiger partial charge < -0.3 is 24.2 Å². The van der Waals surface area contributed by atoms with Crippen LogP contribution in [-0.4, -0.2) is 47.5 Å². The third-order valence-corrected chi connectivity index (χ3v) is 5.78. The van der Waals surface area contributed by atoms with Crippen LogP contribution < -0.4 is 14.2 Å². The monoisotopic (exact) mass is 474 g/mol. The number of nitrogens with zero attached hydrogens (tertiary/aromatic N) is 2. The first-order valence-corrected chi connectivity index (χ1v) is 11.1. The van der Waals surface area contributed by atoms with Gasteiger partial charge in [0.1, 0.15) is 11.5 Å². The number of ketones is 1. The maximum absolute atomic E-state index is 13.2. The summed E-state index contributed by atoms with van der Waals surface area (Å²) in [4.78, 5) is 32.0. The summed E-state index contributed by atoms with van der Waals surface area (Å²) in [6, 6.07) is 14.6. The first-order chi connectivity index (χ1) is 17.0. The second kappa shape index (κ2) is 10.3. The van der Waals surface area contributed by atoms with Crippen molar-refractivity contribution in [3.05, 3.63) is 89.3 Å². The van der Waals surface area contributed by atoms with E-state index in [-0.39, 0.29) is 17.9 Å². The Morgan fingerprint density at radius 3 is 2.40 bits per heavy atom. The predicted octanol–water partition coefficient (Wildman–Crippen LogP) is 4.12. The number of carbonyl (C=O) groups excluding carboxylic acids is 2. The van der Waals surface area contributed by atoms with E-state index in [0.717, 1.165) is 5.56 Å². The summed E-state index contributed by atoms with van der Waals surface area (Å²) in [5.41, 5.74) is 1.74. The zero-order chi connectivity index (χ0) is 24.9. The molecule has 0 spiro atoms. The second-order valence-electron chi connectivity index (χ2n) is 7.86. The molecule has 2 heterocycles. The Balaban J connectivity index is 1.85. The zero-order valence-electron chi connectivity index (χ0n) is 19.7. The standard InChI is InChI=1S/C27H26N2O6/c1-4-35-20-10-7-18(8-11-20)25(30)23-24(19-9-12-21(33-2)22(14-19)34-3)29(27(32)26(23)31)16-17-6-5-13-28-15-17/h5-15,24,30H,4,16H2,1-3H3/b25-23+/t24-/m0/s1. The Hall–Kier alpha value is -4.33. The number of hydrogen-bond donors (Lipinski definition) is 1. The average Bonchev–Trinajstić information content (AvgIpc) is 3.14.